The van der Waals surface area contributed by atoms with E-state index in [4.69, 9.17) is 0 Å². The van der Waals surface area contributed by atoms with E-state index in [1.54, 1.807) is 31.6 Å². The summed E-state index contributed by atoms with van der Waals surface area (Å²) in [5, 5.41) is 12.9. The Bertz CT molecular complexity index is 1310. The summed E-state index contributed by atoms with van der Waals surface area (Å²) >= 11 is 1.02. The molecule has 0 aliphatic rings. The van der Waals surface area contributed by atoms with E-state index in [0.29, 0.717) is 5.69 Å². The third-order valence-corrected chi connectivity index (χ3v) is 7.14. The van der Waals surface area contributed by atoms with Gasteiger partial charge in [0.25, 0.3) is 27.5 Å². The molecule has 3 aromatic rings. The summed E-state index contributed by atoms with van der Waals surface area (Å²) < 4.78 is 27.4. The highest BCUT2D eigenvalue weighted by Crippen LogP contribution is 2.27. The molecular formula is C20H19N5O6S2. The van der Waals surface area contributed by atoms with E-state index in [0.717, 1.165) is 17.4 Å². The normalized spacial score (nSPS) is 10.8. The van der Waals surface area contributed by atoms with Crippen LogP contribution in [0.5, 0.6) is 0 Å². The van der Waals surface area contributed by atoms with Crippen LogP contribution in [0.15, 0.2) is 64.2 Å². The number of para-hydroxylation sites is 1. The molecule has 2 aromatic carbocycles. The van der Waals surface area contributed by atoms with Crippen molar-refractivity contribution in [3.63, 3.8) is 0 Å². The summed E-state index contributed by atoms with van der Waals surface area (Å²) in [5.74, 6) is -1.57. The summed E-state index contributed by atoms with van der Waals surface area (Å²) in [5.41, 5.74) is 4.35. The van der Waals surface area contributed by atoms with E-state index in [2.05, 4.69) is 15.6 Å². The molecule has 0 unspecified atom stereocenters. The number of thiophene rings is 1. The lowest BCUT2D eigenvalue weighted by Gasteiger charge is -2.14. The molecule has 1 heterocycles. The molecule has 13 heteroatoms. The molecular weight excluding hydrogens is 470 g/mol. The minimum atomic E-state index is -3.89. The average molecular weight is 490 g/mol. The highest BCUT2D eigenvalue weighted by Gasteiger charge is 2.21. The van der Waals surface area contributed by atoms with Crippen molar-refractivity contribution in [1.29, 1.82) is 0 Å². The molecule has 33 heavy (non-hydrogen) atoms. The third kappa shape index (κ3) is 5.45. The summed E-state index contributed by atoms with van der Waals surface area (Å²) in [6.07, 6.45) is 0. The van der Waals surface area contributed by atoms with Crippen molar-refractivity contribution in [1.82, 2.24) is 10.9 Å². The second-order valence-electron chi connectivity index (χ2n) is 6.85. The van der Waals surface area contributed by atoms with Crippen molar-refractivity contribution in [2.45, 2.75) is 4.21 Å². The van der Waals surface area contributed by atoms with Crippen molar-refractivity contribution < 1.29 is 22.9 Å². The topological polar surface area (TPSA) is 151 Å². The number of sulfonamides is 1. The zero-order valence-corrected chi connectivity index (χ0v) is 19.1. The van der Waals surface area contributed by atoms with Gasteiger partial charge in [-0.05, 0) is 35.7 Å². The molecule has 0 fully saturated rings. The molecule has 0 spiro atoms. The number of carbonyl (C=O) groups is 2. The smallest absolute Gasteiger partial charge is 0.293 e. The first-order valence-electron chi connectivity index (χ1n) is 9.32. The zero-order valence-electron chi connectivity index (χ0n) is 17.4. The first-order chi connectivity index (χ1) is 15.6. The van der Waals surface area contributed by atoms with Gasteiger partial charge in [0.2, 0.25) is 0 Å². The van der Waals surface area contributed by atoms with Crippen LogP contribution in [-0.2, 0) is 10.0 Å². The fourth-order valence-electron chi connectivity index (χ4n) is 2.82. The molecule has 3 N–H and O–H groups in total. The SMILES string of the molecule is CN(C)c1ccc(C(=O)NNC(=O)c2ccccc2NS(=O)(=O)c2cccs2)cc1[N+](=O)[O-]. The molecule has 0 aliphatic carbocycles. The predicted molar refractivity (Wildman–Crippen MR) is 124 cm³/mol. The van der Waals surface area contributed by atoms with Crippen LogP contribution >= 0.6 is 11.3 Å². The average Bonchev–Trinajstić information content (AvgIpc) is 3.33. The lowest BCUT2D eigenvalue weighted by molar-refractivity contribution is -0.384. The van der Waals surface area contributed by atoms with Crippen LogP contribution in [-0.4, -0.2) is 39.3 Å². The van der Waals surface area contributed by atoms with Gasteiger partial charge < -0.3 is 4.90 Å². The molecule has 0 saturated heterocycles. The van der Waals surface area contributed by atoms with Gasteiger partial charge in [0.1, 0.15) is 9.90 Å². The number of hydrogen-bond donors (Lipinski definition) is 3. The van der Waals surface area contributed by atoms with E-state index < -0.39 is 26.8 Å². The fourth-order valence-corrected chi connectivity index (χ4v) is 4.90. The maximum atomic E-state index is 12.6. The van der Waals surface area contributed by atoms with Crippen LogP contribution in [0, 0.1) is 10.1 Å². The van der Waals surface area contributed by atoms with Gasteiger partial charge in [0.05, 0.1) is 16.2 Å². The predicted octanol–water partition coefficient (Wildman–Crippen LogP) is 2.60. The Kier molecular flexibility index (Phi) is 6.94. The van der Waals surface area contributed by atoms with Gasteiger partial charge in [-0.25, -0.2) is 8.42 Å². The molecule has 1 aromatic heterocycles. The van der Waals surface area contributed by atoms with Gasteiger partial charge in [0.15, 0.2) is 0 Å². The molecule has 0 radical (unpaired) electrons. The Morgan fingerprint density at radius 3 is 2.33 bits per heavy atom. The number of hydrazine groups is 1. The minimum Gasteiger partial charge on any atom is -0.372 e. The Balaban J connectivity index is 1.75. The summed E-state index contributed by atoms with van der Waals surface area (Å²) in [6.45, 7) is 0. The number of nitrogens with zero attached hydrogens (tertiary/aromatic N) is 2. The van der Waals surface area contributed by atoms with Gasteiger partial charge >= 0.3 is 0 Å². The van der Waals surface area contributed by atoms with E-state index in [-0.39, 0.29) is 26.7 Å². The van der Waals surface area contributed by atoms with E-state index in [1.807, 2.05) is 0 Å². The van der Waals surface area contributed by atoms with Gasteiger partial charge in [-0.1, -0.05) is 18.2 Å². The number of nitrogens with one attached hydrogen (secondary N) is 3. The fraction of sp³-hybridized carbons (Fsp3) is 0.100. The van der Waals surface area contributed by atoms with Crippen molar-refractivity contribution >= 4 is 50.2 Å². The number of amides is 2. The summed E-state index contributed by atoms with van der Waals surface area (Å²) in [7, 11) is -0.628. The van der Waals surface area contributed by atoms with Gasteiger partial charge in [-0.3, -0.25) is 35.3 Å². The Hall–Kier alpha value is -3.97. The Morgan fingerprint density at radius 1 is 1.00 bits per heavy atom. The molecule has 172 valence electrons. The van der Waals surface area contributed by atoms with Gasteiger partial charge in [0, 0.05) is 25.7 Å². The standard InChI is InChI=1S/C20H19N5O6S2/c1-24(2)16-10-9-13(12-17(16)25(28)29)19(26)21-22-20(27)14-6-3-4-7-15(14)23-33(30,31)18-8-5-11-32-18/h3-12,23H,1-2H3,(H,21,26)(H,22,27). The second kappa shape index (κ2) is 9.67. The van der Waals surface area contributed by atoms with Crippen molar-refractivity contribution in [2.75, 3.05) is 23.7 Å². The number of benzene rings is 2. The van der Waals surface area contributed by atoms with Gasteiger partial charge in [-0.15, -0.1) is 11.3 Å². The molecule has 0 saturated carbocycles. The molecule has 0 bridgehead atoms. The second-order valence-corrected chi connectivity index (χ2v) is 9.70. The monoisotopic (exact) mass is 489 g/mol. The van der Waals surface area contributed by atoms with Crippen molar-refractivity contribution in [2.24, 2.45) is 0 Å². The lowest BCUT2D eigenvalue weighted by atomic mass is 10.1. The first-order valence-corrected chi connectivity index (χ1v) is 11.7. The number of carbonyl (C=O) groups excluding carboxylic acids is 2. The minimum absolute atomic E-state index is 0.0172. The van der Waals surface area contributed by atoms with Crippen molar-refractivity contribution in [3.8, 4) is 0 Å². The Morgan fingerprint density at radius 2 is 1.70 bits per heavy atom. The number of rotatable bonds is 7. The lowest BCUT2D eigenvalue weighted by Crippen LogP contribution is -2.42. The van der Waals surface area contributed by atoms with Crippen LogP contribution < -0.4 is 20.5 Å². The van der Waals surface area contributed by atoms with Crippen LogP contribution in [0.3, 0.4) is 0 Å². The number of anilines is 2. The number of nitro benzene ring substituents is 1. The third-order valence-electron chi connectivity index (χ3n) is 4.38. The van der Waals surface area contributed by atoms with E-state index in [1.165, 1.54) is 41.3 Å². The van der Waals surface area contributed by atoms with E-state index in [9.17, 15) is 28.1 Å². The highest BCUT2D eigenvalue weighted by molar-refractivity contribution is 7.94. The Labute approximate surface area is 193 Å². The molecule has 3 rings (SSSR count). The molecule has 0 atom stereocenters. The molecule has 11 nitrogen and oxygen atoms in total. The van der Waals surface area contributed by atoms with Crippen molar-refractivity contribution in [3.05, 3.63) is 81.2 Å². The number of nitro groups is 1. The largest absolute Gasteiger partial charge is 0.372 e. The highest BCUT2D eigenvalue weighted by atomic mass is 32.2. The molecule has 2 amide bonds. The van der Waals surface area contributed by atoms with Gasteiger partial charge in [-0.2, -0.15) is 0 Å². The van der Waals surface area contributed by atoms with Crippen LogP contribution in [0.2, 0.25) is 0 Å². The summed E-state index contributed by atoms with van der Waals surface area (Å²) in [6, 6.07) is 12.8. The first kappa shape index (κ1) is 23.7. The maximum absolute atomic E-state index is 12.6. The maximum Gasteiger partial charge on any atom is 0.293 e. The zero-order chi connectivity index (χ0) is 24.2. The molecule has 0 aliphatic heterocycles. The van der Waals surface area contributed by atoms with Crippen LogP contribution in [0.25, 0.3) is 0 Å². The van der Waals surface area contributed by atoms with Crippen LogP contribution in [0.4, 0.5) is 17.1 Å². The number of hydrogen-bond acceptors (Lipinski definition) is 8. The quantitative estimate of drug-likeness (QED) is 0.341. The van der Waals surface area contributed by atoms with Crippen LogP contribution in [0.1, 0.15) is 20.7 Å². The van der Waals surface area contributed by atoms with E-state index >= 15 is 0 Å². The summed E-state index contributed by atoms with van der Waals surface area (Å²) in [4.78, 5) is 37.3.